The normalized spacial score (nSPS) is 21.4. The smallest absolute Gasteiger partial charge is 0.416 e. The zero-order valence-corrected chi connectivity index (χ0v) is 20.7. The van der Waals surface area contributed by atoms with Crippen LogP contribution < -0.4 is 0 Å². The number of piperazine rings is 1. The number of hydrogen-bond acceptors (Lipinski definition) is 3. The molecule has 2 heterocycles. The Morgan fingerprint density at radius 2 is 1.37 bits per heavy atom. The molecule has 13 heteroatoms. The lowest BCUT2D eigenvalue weighted by Crippen LogP contribution is -2.57. The van der Waals surface area contributed by atoms with Gasteiger partial charge in [0.15, 0.2) is 0 Å². The van der Waals surface area contributed by atoms with E-state index in [0.29, 0.717) is 49.8 Å². The van der Waals surface area contributed by atoms with E-state index in [0.717, 1.165) is 5.56 Å². The maximum Gasteiger partial charge on any atom is 0.416 e. The molecule has 1 N–H and O–H groups in total. The first-order valence-electron chi connectivity index (χ1n) is 11.8. The summed E-state index contributed by atoms with van der Waals surface area (Å²) in [5.74, 6) is -1.25. The molecule has 2 amide bonds. The van der Waals surface area contributed by atoms with Crippen molar-refractivity contribution in [2.24, 2.45) is 0 Å². The molecule has 0 saturated carbocycles. The van der Waals surface area contributed by atoms with E-state index in [1.807, 2.05) is 0 Å². The summed E-state index contributed by atoms with van der Waals surface area (Å²) < 4.78 is 80.1. The molecule has 0 spiro atoms. The van der Waals surface area contributed by atoms with Crippen LogP contribution in [-0.4, -0.2) is 77.1 Å². The molecular weight excluding hydrogens is 540 g/mol. The van der Waals surface area contributed by atoms with E-state index < -0.39 is 41.0 Å². The van der Waals surface area contributed by atoms with Crippen LogP contribution >= 0.6 is 11.6 Å². The summed E-state index contributed by atoms with van der Waals surface area (Å²) in [6, 6.07) is 7.65. The van der Waals surface area contributed by atoms with Gasteiger partial charge in [0.1, 0.15) is 0 Å². The van der Waals surface area contributed by atoms with Gasteiger partial charge < -0.3 is 14.9 Å². The predicted octanol–water partition coefficient (Wildman–Crippen LogP) is 5.67. The van der Waals surface area contributed by atoms with Gasteiger partial charge in [-0.05, 0) is 42.3 Å². The number of likely N-dealkylation sites (tertiary alicyclic amines) is 1. The number of piperidine rings is 1. The van der Waals surface area contributed by atoms with Crippen LogP contribution in [0.15, 0.2) is 42.5 Å². The number of rotatable bonds is 3. The summed E-state index contributed by atoms with van der Waals surface area (Å²) in [5, 5.41) is 9.72. The minimum Gasteiger partial charge on any atom is -0.465 e. The number of alkyl halides is 6. The van der Waals surface area contributed by atoms with Crippen LogP contribution in [0.5, 0.6) is 0 Å². The van der Waals surface area contributed by atoms with Gasteiger partial charge >= 0.3 is 18.4 Å². The Hall–Kier alpha value is -2.99. The Kier molecular flexibility index (Phi) is 7.85. The molecule has 2 aromatic rings. The molecular formula is C25H24ClF6N3O3. The Morgan fingerprint density at radius 1 is 0.816 bits per heavy atom. The number of carboxylic acid groups (broad SMARTS) is 1. The number of carbonyl (C=O) groups is 2. The van der Waals surface area contributed by atoms with E-state index in [2.05, 4.69) is 4.90 Å². The van der Waals surface area contributed by atoms with Gasteiger partial charge in [-0.1, -0.05) is 23.7 Å². The van der Waals surface area contributed by atoms with Crippen molar-refractivity contribution in [3.05, 3.63) is 69.7 Å². The summed E-state index contributed by atoms with van der Waals surface area (Å²) >= 11 is 6.02. The van der Waals surface area contributed by atoms with E-state index in [1.165, 1.54) is 9.80 Å². The number of halogens is 7. The maximum absolute atomic E-state index is 13.3. The lowest BCUT2D eigenvalue weighted by atomic mass is 9.84. The van der Waals surface area contributed by atoms with E-state index in [-0.39, 0.29) is 31.1 Å². The number of benzene rings is 2. The summed E-state index contributed by atoms with van der Waals surface area (Å²) in [4.78, 5) is 29.3. The zero-order chi connectivity index (χ0) is 27.8. The molecule has 2 aliphatic rings. The van der Waals surface area contributed by atoms with Crippen LogP contribution in [0.2, 0.25) is 5.02 Å². The molecule has 0 aromatic heterocycles. The predicted molar refractivity (Wildman–Crippen MR) is 126 cm³/mol. The van der Waals surface area contributed by atoms with E-state index in [4.69, 9.17) is 11.6 Å². The summed E-state index contributed by atoms with van der Waals surface area (Å²) in [6.45, 7) is 1.68. The number of carbonyl (C=O) groups excluding carboxylic acids is 1. The average Bonchev–Trinajstić information content (AvgIpc) is 2.87. The van der Waals surface area contributed by atoms with Crippen LogP contribution in [0.4, 0.5) is 31.1 Å². The number of hydrogen-bond donors (Lipinski definition) is 1. The molecule has 206 valence electrons. The van der Waals surface area contributed by atoms with Gasteiger partial charge in [0.05, 0.1) is 11.1 Å². The van der Waals surface area contributed by atoms with Crippen LogP contribution in [0.1, 0.15) is 39.4 Å². The first-order valence-corrected chi connectivity index (χ1v) is 12.2. The molecule has 2 fully saturated rings. The molecule has 4 rings (SSSR count). The van der Waals surface area contributed by atoms with Crippen molar-refractivity contribution in [1.82, 2.24) is 14.7 Å². The molecule has 6 nitrogen and oxygen atoms in total. The molecule has 2 saturated heterocycles. The molecule has 2 atom stereocenters. The Morgan fingerprint density at radius 3 is 1.87 bits per heavy atom. The molecule has 0 aliphatic carbocycles. The van der Waals surface area contributed by atoms with Crippen LogP contribution in [-0.2, 0) is 12.4 Å². The topological polar surface area (TPSA) is 64.1 Å². The Balaban J connectivity index is 1.62. The second-order valence-corrected chi connectivity index (χ2v) is 9.80. The molecule has 2 aromatic carbocycles. The van der Waals surface area contributed by atoms with Gasteiger partial charge in [-0.3, -0.25) is 9.69 Å². The van der Waals surface area contributed by atoms with Gasteiger partial charge in [0, 0.05) is 61.8 Å². The summed E-state index contributed by atoms with van der Waals surface area (Å²) in [7, 11) is 0. The first-order chi connectivity index (χ1) is 17.7. The van der Waals surface area contributed by atoms with Gasteiger partial charge in [-0.15, -0.1) is 0 Å². The van der Waals surface area contributed by atoms with Crippen molar-refractivity contribution in [2.75, 3.05) is 39.3 Å². The highest BCUT2D eigenvalue weighted by molar-refractivity contribution is 6.30. The fourth-order valence-corrected chi connectivity index (χ4v) is 5.23. The zero-order valence-electron chi connectivity index (χ0n) is 19.9. The van der Waals surface area contributed by atoms with Gasteiger partial charge in [-0.25, -0.2) is 4.79 Å². The molecule has 0 radical (unpaired) electrons. The standard InChI is InChI=1S/C25H24ClF6N3O3/c26-19-3-1-15(2-4-19)20-14-35(6-5-21(20)33-7-9-34(10-8-33)23(37)38)22(36)16-11-17(24(27,28)29)13-18(12-16)25(30,31)32/h1-4,11-13,20-21H,5-10,14H2,(H,37,38)/t20-,21-/m1/s1. The van der Waals surface area contributed by atoms with E-state index in [9.17, 15) is 41.0 Å². The molecule has 0 bridgehead atoms. The summed E-state index contributed by atoms with van der Waals surface area (Å²) in [6.07, 6.45) is -10.7. The minimum absolute atomic E-state index is 0.00367. The Labute approximate surface area is 219 Å². The van der Waals surface area contributed by atoms with Gasteiger partial charge in [0.25, 0.3) is 5.91 Å². The van der Waals surface area contributed by atoms with Crippen LogP contribution in [0.3, 0.4) is 0 Å². The SMILES string of the molecule is O=C(O)N1CCN([C@@H]2CCN(C(=O)c3cc(C(F)(F)F)cc(C(F)(F)F)c3)C[C@@H]2c2ccc(Cl)cc2)CC1. The fourth-order valence-electron chi connectivity index (χ4n) is 5.10. The Bertz CT molecular complexity index is 1150. The lowest BCUT2D eigenvalue weighted by Gasteiger charge is -2.46. The molecule has 38 heavy (non-hydrogen) atoms. The monoisotopic (exact) mass is 563 g/mol. The van der Waals surface area contributed by atoms with E-state index >= 15 is 0 Å². The summed E-state index contributed by atoms with van der Waals surface area (Å²) in [5.41, 5.74) is -2.97. The van der Waals surface area contributed by atoms with Gasteiger partial charge in [-0.2, -0.15) is 26.3 Å². The highest BCUT2D eigenvalue weighted by Gasteiger charge is 2.40. The van der Waals surface area contributed by atoms with Gasteiger partial charge in [0.2, 0.25) is 0 Å². The van der Waals surface area contributed by atoms with Crippen molar-refractivity contribution in [3.63, 3.8) is 0 Å². The highest BCUT2D eigenvalue weighted by atomic mass is 35.5. The van der Waals surface area contributed by atoms with Crippen molar-refractivity contribution in [1.29, 1.82) is 0 Å². The average molecular weight is 564 g/mol. The minimum atomic E-state index is -5.06. The largest absolute Gasteiger partial charge is 0.465 e. The third-order valence-corrected chi connectivity index (χ3v) is 7.30. The number of nitrogens with zero attached hydrogens (tertiary/aromatic N) is 3. The van der Waals surface area contributed by atoms with Crippen LogP contribution in [0.25, 0.3) is 0 Å². The van der Waals surface area contributed by atoms with Crippen molar-refractivity contribution < 1.29 is 41.0 Å². The van der Waals surface area contributed by atoms with Crippen LogP contribution in [0, 0.1) is 0 Å². The maximum atomic E-state index is 13.3. The first kappa shape index (κ1) is 28.0. The lowest BCUT2D eigenvalue weighted by molar-refractivity contribution is -0.143. The third kappa shape index (κ3) is 6.17. The van der Waals surface area contributed by atoms with E-state index in [1.54, 1.807) is 24.3 Å². The van der Waals surface area contributed by atoms with Crippen molar-refractivity contribution in [3.8, 4) is 0 Å². The second-order valence-electron chi connectivity index (χ2n) is 9.37. The molecule has 0 unspecified atom stereocenters. The van der Waals surface area contributed by atoms with Crippen molar-refractivity contribution in [2.45, 2.75) is 30.7 Å². The fraction of sp³-hybridized carbons (Fsp3) is 0.440. The quantitative estimate of drug-likeness (QED) is 0.489. The second kappa shape index (κ2) is 10.6. The highest BCUT2D eigenvalue weighted by Crippen LogP contribution is 2.38. The van der Waals surface area contributed by atoms with Crippen molar-refractivity contribution >= 4 is 23.6 Å². The molecule has 2 aliphatic heterocycles. The third-order valence-electron chi connectivity index (χ3n) is 7.05. The number of amides is 2.